The Morgan fingerprint density at radius 2 is 1.83 bits per heavy atom. The van der Waals surface area contributed by atoms with E-state index in [2.05, 4.69) is 30.8 Å². The van der Waals surface area contributed by atoms with E-state index in [-0.39, 0.29) is 0 Å². The highest BCUT2D eigenvalue weighted by atomic mass is 14.9. The third-order valence-corrected chi connectivity index (χ3v) is 2.83. The van der Waals surface area contributed by atoms with E-state index in [1.807, 2.05) is 0 Å². The third kappa shape index (κ3) is 1.71. The molecule has 0 aromatic carbocycles. The van der Waals surface area contributed by atoms with Crippen LogP contribution in [0.3, 0.4) is 0 Å². The average molecular weight is 163 g/mol. The second-order valence-electron chi connectivity index (χ2n) is 4.09. The first-order valence-corrected chi connectivity index (χ1v) is 4.88. The molecule has 0 N–H and O–H groups in total. The van der Waals surface area contributed by atoms with Crippen LogP contribution in [0.5, 0.6) is 0 Å². The van der Waals surface area contributed by atoms with E-state index < -0.39 is 0 Å². The average Bonchev–Trinajstić information content (AvgIpc) is 2.78. The van der Waals surface area contributed by atoms with Gasteiger partial charge in [-0.2, -0.15) is 0 Å². The van der Waals surface area contributed by atoms with E-state index in [1.54, 1.807) is 0 Å². The Balaban J connectivity index is 1.93. The molecule has 0 bridgehead atoms. The Morgan fingerprint density at radius 1 is 1.25 bits per heavy atom. The van der Waals surface area contributed by atoms with Crippen LogP contribution in [0.2, 0.25) is 0 Å². The summed E-state index contributed by atoms with van der Waals surface area (Å²) in [6.45, 7) is 5.59. The van der Waals surface area contributed by atoms with Crippen LogP contribution < -0.4 is 0 Å². The number of aromatic nitrogens is 1. The summed E-state index contributed by atoms with van der Waals surface area (Å²) in [5.41, 5.74) is 2.84. The van der Waals surface area contributed by atoms with E-state index in [0.29, 0.717) is 0 Å². The molecule has 66 valence electrons. The summed E-state index contributed by atoms with van der Waals surface area (Å²) in [5, 5.41) is 0. The molecule has 1 heteroatoms. The molecule has 1 aliphatic rings. The first kappa shape index (κ1) is 7.90. The SMILES string of the molecule is Cc1cn(CCC2CC2)cc1C. The van der Waals surface area contributed by atoms with Gasteiger partial charge in [0.05, 0.1) is 0 Å². The zero-order valence-corrected chi connectivity index (χ0v) is 8.01. The molecule has 0 spiro atoms. The number of nitrogens with zero attached hydrogens (tertiary/aromatic N) is 1. The van der Waals surface area contributed by atoms with Gasteiger partial charge in [-0.05, 0) is 37.3 Å². The molecule has 1 nitrogen and oxygen atoms in total. The van der Waals surface area contributed by atoms with Crippen LogP contribution in [0.25, 0.3) is 0 Å². The lowest BCUT2D eigenvalue weighted by molar-refractivity contribution is 0.598. The van der Waals surface area contributed by atoms with Crippen molar-refractivity contribution >= 4 is 0 Å². The van der Waals surface area contributed by atoms with Gasteiger partial charge >= 0.3 is 0 Å². The number of aryl methyl sites for hydroxylation is 3. The maximum absolute atomic E-state index is 2.34. The van der Waals surface area contributed by atoms with Crippen molar-refractivity contribution in [3.63, 3.8) is 0 Å². The highest BCUT2D eigenvalue weighted by Crippen LogP contribution is 2.32. The lowest BCUT2D eigenvalue weighted by Crippen LogP contribution is -1.94. The predicted octanol–water partition coefficient (Wildman–Crippen LogP) is 2.91. The van der Waals surface area contributed by atoms with Gasteiger partial charge in [-0.15, -0.1) is 0 Å². The molecule has 0 amide bonds. The van der Waals surface area contributed by atoms with E-state index in [0.717, 1.165) is 5.92 Å². The lowest BCUT2D eigenvalue weighted by atomic mass is 10.2. The topological polar surface area (TPSA) is 4.93 Å². The highest BCUT2D eigenvalue weighted by Gasteiger charge is 2.20. The van der Waals surface area contributed by atoms with Gasteiger partial charge in [-0.1, -0.05) is 12.8 Å². The minimum Gasteiger partial charge on any atom is -0.354 e. The van der Waals surface area contributed by atoms with E-state index >= 15 is 0 Å². The van der Waals surface area contributed by atoms with E-state index in [4.69, 9.17) is 0 Å². The lowest BCUT2D eigenvalue weighted by Gasteiger charge is -1.99. The van der Waals surface area contributed by atoms with Gasteiger partial charge in [0, 0.05) is 18.9 Å². The second-order valence-corrected chi connectivity index (χ2v) is 4.09. The van der Waals surface area contributed by atoms with Crippen molar-refractivity contribution in [1.29, 1.82) is 0 Å². The van der Waals surface area contributed by atoms with E-state index in [9.17, 15) is 0 Å². The first-order chi connectivity index (χ1) is 5.75. The maximum Gasteiger partial charge on any atom is 0.0222 e. The summed E-state index contributed by atoms with van der Waals surface area (Å²) in [6.07, 6.45) is 8.85. The summed E-state index contributed by atoms with van der Waals surface area (Å²) in [5.74, 6) is 1.05. The Kier molecular flexibility index (Phi) is 1.95. The molecule has 1 aliphatic carbocycles. The van der Waals surface area contributed by atoms with Crippen LogP contribution in [0.1, 0.15) is 30.4 Å². The predicted molar refractivity (Wildman–Crippen MR) is 51.2 cm³/mol. The fourth-order valence-electron chi connectivity index (χ4n) is 1.61. The standard InChI is InChI=1S/C11H17N/c1-9-7-12(8-10(9)2)6-5-11-3-4-11/h7-8,11H,3-6H2,1-2H3. The molecule has 0 aliphatic heterocycles. The summed E-state index contributed by atoms with van der Waals surface area (Å²) in [6, 6.07) is 0. The number of hydrogen-bond acceptors (Lipinski definition) is 0. The van der Waals surface area contributed by atoms with Gasteiger partial charge < -0.3 is 4.57 Å². The van der Waals surface area contributed by atoms with Crippen LogP contribution in [-0.2, 0) is 6.54 Å². The molecule has 1 aromatic rings. The summed E-state index contributed by atoms with van der Waals surface area (Å²) >= 11 is 0. The van der Waals surface area contributed by atoms with Gasteiger partial charge in [0.15, 0.2) is 0 Å². The van der Waals surface area contributed by atoms with Gasteiger partial charge in [0.2, 0.25) is 0 Å². The molecule has 2 rings (SSSR count). The summed E-state index contributed by atoms with van der Waals surface area (Å²) in [7, 11) is 0. The normalized spacial score (nSPS) is 16.8. The molecular weight excluding hydrogens is 146 g/mol. The Morgan fingerprint density at radius 3 is 2.33 bits per heavy atom. The monoisotopic (exact) mass is 163 g/mol. The molecule has 1 fully saturated rings. The summed E-state index contributed by atoms with van der Waals surface area (Å²) in [4.78, 5) is 0. The minimum atomic E-state index is 1.05. The molecule has 0 radical (unpaired) electrons. The Labute approximate surface area is 74.4 Å². The Hall–Kier alpha value is -0.720. The second kappa shape index (κ2) is 2.96. The van der Waals surface area contributed by atoms with Crippen molar-refractivity contribution in [3.8, 4) is 0 Å². The van der Waals surface area contributed by atoms with Crippen molar-refractivity contribution in [2.45, 2.75) is 39.7 Å². The van der Waals surface area contributed by atoms with Crippen LogP contribution in [-0.4, -0.2) is 4.57 Å². The molecule has 0 unspecified atom stereocenters. The third-order valence-electron chi connectivity index (χ3n) is 2.83. The van der Waals surface area contributed by atoms with Crippen LogP contribution in [0.15, 0.2) is 12.4 Å². The van der Waals surface area contributed by atoms with Crippen LogP contribution >= 0.6 is 0 Å². The van der Waals surface area contributed by atoms with Gasteiger partial charge in [-0.25, -0.2) is 0 Å². The molecule has 0 saturated heterocycles. The zero-order valence-electron chi connectivity index (χ0n) is 8.01. The Bertz CT molecular complexity index is 249. The minimum absolute atomic E-state index is 1.05. The quantitative estimate of drug-likeness (QED) is 0.645. The summed E-state index contributed by atoms with van der Waals surface area (Å²) < 4.78 is 2.34. The van der Waals surface area contributed by atoms with E-state index in [1.165, 1.54) is 36.9 Å². The largest absolute Gasteiger partial charge is 0.354 e. The van der Waals surface area contributed by atoms with Gasteiger partial charge in [0.25, 0.3) is 0 Å². The van der Waals surface area contributed by atoms with Crippen molar-refractivity contribution < 1.29 is 0 Å². The van der Waals surface area contributed by atoms with Crippen molar-refractivity contribution in [1.82, 2.24) is 4.57 Å². The fourth-order valence-corrected chi connectivity index (χ4v) is 1.61. The zero-order chi connectivity index (χ0) is 8.55. The van der Waals surface area contributed by atoms with Crippen molar-refractivity contribution in [3.05, 3.63) is 23.5 Å². The molecule has 0 atom stereocenters. The van der Waals surface area contributed by atoms with Gasteiger partial charge in [-0.3, -0.25) is 0 Å². The molecule has 1 saturated carbocycles. The van der Waals surface area contributed by atoms with Crippen LogP contribution in [0, 0.1) is 19.8 Å². The van der Waals surface area contributed by atoms with Crippen molar-refractivity contribution in [2.24, 2.45) is 5.92 Å². The maximum atomic E-state index is 2.34. The van der Waals surface area contributed by atoms with Gasteiger partial charge in [0.1, 0.15) is 0 Å². The smallest absolute Gasteiger partial charge is 0.0222 e. The highest BCUT2D eigenvalue weighted by molar-refractivity contribution is 5.20. The number of hydrogen-bond donors (Lipinski definition) is 0. The fraction of sp³-hybridized carbons (Fsp3) is 0.636. The van der Waals surface area contributed by atoms with Crippen molar-refractivity contribution in [2.75, 3.05) is 0 Å². The first-order valence-electron chi connectivity index (χ1n) is 4.88. The molecular formula is C11H17N. The molecule has 12 heavy (non-hydrogen) atoms. The molecule has 1 heterocycles. The molecule has 1 aromatic heterocycles. The number of rotatable bonds is 3. The van der Waals surface area contributed by atoms with Crippen LogP contribution in [0.4, 0.5) is 0 Å².